The smallest absolute Gasteiger partial charge is 0.260 e. The molecule has 1 saturated heterocycles. The van der Waals surface area contributed by atoms with Crippen molar-refractivity contribution in [3.8, 4) is 0 Å². The van der Waals surface area contributed by atoms with Gasteiger partial charge in [-0.05, 0) is 6.42 Å². The first-order valence-electron chi connectivity index (χ1n) is 10.2. The van der Waals surface area contributed by atoms with Gasteiger partial charge in [0.2, 0.25) is 5.78 Å². The molecule has 0 aliphatic carbocycles. The average molecular weight is 395 g/mol. The summed E-state index contributed by atoms with van der Waals surface area (Å²) in [4.78, 5) is 24.6. The minimum absolute atomic E-state index is 0.0130. The van der Waals surface area contributed by atoms with Gasteiger partial charge in [-0.2, -0.15) is 5.10 Å². The number of aliphatic imine (C=N–C) groups is 1. The van der Waals surface area contributed by atoms with E-state index in [0.29, 0.717) is 24.6 Å². The normalized spacial score (nSPS) is 17.1. The molecule has 0 bridgehead atoms. The topological polar surface area (TPSA) is 81.9 Å². The van der Waals surface area contributed by atoms with Crippen molar-refractivity contribution >= 4 is 17.3 Å². The van der Waals surface area contributed by atoms with E-state index in [4.69, 9.17) is 9.73 Å². The number of imidazole rings is 1. The van der Waals surface area contributed by atoms with Crippen LogP contribution in [0, 0.1) is 0 Å². The second-order valence-electron chi connectivity index (χ2n) is 7.54. The molecule has 3 aromatic rings. The second-order valence-corrected chi connectivity index (χ2v) is 7.54. The SMILES string of the molecule is CCCn1c(=O)c2c(n3ccnc13)N=C(c1cnn(CCN3CCOCC3)c1)C2. The molecule has 5 rings (SSSR count). The Morgan fingerprint density at radius 2 is 2.03 bits per heavy atom. The van der Waals surface area contributed by atoms with E-state index in [1.807, 2.05) is 27.7 Å². The zero-order chi connectivity index (χ0) is 19.8. The van der Waals surface area contributed by atoms with Crippen LogP contribution in [-0.2, 0) is 24.2 Å². The number of nitrogens with zero attached hydrogens (tertiary/aromatic N) is 7. The maximum atomic E-state index is 13.0. The fraction of sp³-hybridized carbons (Fsp3) is 0.500. The van der Waals surface area contributed by atoms with Gasteiger partial charge in [0.05, 0.1) is 37.2 Å². The monoisotopic (exact) mass is 395 g/mol. The Morgan fingerprint density at radius 3 is 2.86 bits per heavy atom. The first-order chi connectivity index (χ1) is 14.2. The van der Waals surface area contributed by atoms with Crippen molar-refractivity contribution in [2.24, 2.45) is 4.99 Å². The van der Waals surface area contributed by atoms with E-state index in [1.165, 1.54) is 0 Å². The van der Waals surface area contributed by atoms with Crippen LogP contribution < -0.4 is 5.56 Å². The van der Waals surface area contributed by atoms with Crippen molar-refractivity contribution in [2.75, 3.05) is 32.8 Å². The maximum absolute atomic E-state index is 13.0. The van der Waals surface area contributed by atoms with Crippen LogP contribution >= 0.6 is 0 Å². The molecule has 5 heterocycles. The van der Waals surface area contributed by atoms with Crippen molar-refractivity contribution in [3.05, 3.63) is 46.3 Å². The summed E-state index contributed by atoms with van der Waals surface area (Å²) in [7, 11) is 0. The zero-order valence-corrected chi connectivity index (χ0v) is 16.6. The van der Waals surface area contributed by atoms with Gasteiger partial charge in [-0.15, -0.1) is 0 Å². The Bertz CT molecular complexity index is 1120. The predicted octanol–water partition coefficient (Wildman–Crippen LogP) is 1.11. The van der Waals surface area contributed by atoms with Gasteiger partial charge in [-0.3, -0.25) is 23.3 Å². The van der Waals surface area contributed by atoms with Gasteiger partial charge in [0, 0.05) is 56.8 Å². The number of hydrogen-bond acceptors (Lipinski definition) is 6. The fourth-order valence-corrected chi connectivity index (χ4v) is 4.06. The summed E-state index contributed by atoms with van der Waals surface area (Å²) >= 11 is 0. The van der Waals surface area contributed by atoms with Crippen molar-refractivity contribution < 1.29 is 4.74 Å². The number of aromatic nitrogens is 5. The summed E-state index contributed by atoms with van der Waals surface area (Å²) in [5, 5.41) is 4.51. The van der Waals surface area contributed by atoms with Gasteiger partial charge in [-0.1, -0.05) is 6.92 Å². The molecule has 0 unspecified atom stereocenters. The minimum atomic E-state index is 0.0130. The lowest BCUT2D eigenvalue weighted by atomic mass is 10.1. The number of rotatable bonds is 6. The second kappa shape index (κ2) is 7.57. The molecule has 0 amide bonds. The summed E-state index contributed by atoms with van der Waals surface area (Å²) < 4.78 is 11.0. The Labute approximate surface area is 168 Å². The highest BCUT2D eigenvalue weighted by Gasteiger charge is 2.25. The van der Waals surface area contributed by atoms with E-state index in [0.717, 1.165) is 62.7 Å². The molecule has 3 aromatic heterocycles. The Balaban J connectivity index is 1.39. The predicted molar refractivity (Wildman–Crippen MR) is 109 cm³/mol. The lowest BCUT2D eigenvalue weighted by Crippen LogP contribution is -2.38. The highest BCUT2D eigenvalue weighted by atomic mass is 16.5. The molecule has 0 saturated carbocycles. The quantitative estimate of drug-likeness (QED) is 0.625. The minimum Gasteiger partial charge on any atom is -0.379 e. The Kier molecular flexibility index (Phi) is 4.76. The summed E-state index contributed by atoms with van der Waals surface area (Å²) in [6.07, 6.45) is 8.88. The maximum Gasteiger partial charge on any atom is 0.260 e. The number of fused-ring (bicyclic) bond motifs is 3. The Morgan fingerprint density at radius 1 is 1.17 bits per heavy atom. The third kappa shape index (κ3) is 3.30. The molecule has 0 aromatic carbocycles. The number of morpholine rings is 1. The van der Waals surface area contributed by atoms with Crippen LogP contribution in [0.25, 0.3) is 5.78 Å². The van der Waals surface area contributed by atoms with E-state index in [9.17, 15) is 4.79 Å². The van der Waals surface area contributed by atoms with Gasteiger partial charge >= 0.3 is 0 Å². The van der Waals surface area contributed by atoms with Crippen molar-refractivity contribution in [1.82, 2.24) is 28.6 Å². The molecule has 2 aliphatic heterocycles. The molecule has 9 heteroatoms. The van der Waals surface area contributed by atoms with Crippen LogP contribution in [0.5, 0.6) is 0 Å². The van der Waals surface area contributed by atoms with Crippen LogP contribution in [-0.4, -0.2) is 67.2 Å². The molecule has 2 aliphatic rings. The first kappa shape index (κ1) is 18.3. The molecule has 152 valence electrons. The largest absolute Gasteiger partial charge is 0.379 e. The van der Waals surface area contributed by atoms with E-state index >= 15 is 0 Å². The van der Waals surface area contributed by atoms with Crippen molar-refractivity contribution in [3.63, 3.8) is 0 Å². The summed E-state index contributed by atoms with van der Waals surface area (Å²) in [5.41, 5.74) is 2.61. The van der Waals surface area contributed by atoms with Gasteiger partial charge in [-0.25, -0.2) is 9.98 Å². The van der Waals surface area contributed by atoms with Crippen molar-refractivity contribution in [2.45, 2.75) is 32.9 Å². The highest BCUT2D eigenvalue weighted by molar-refractivity contribution is 6.05. The molecule has 0 radical (unpaired) electrons. The van der Waals surface area contributed by atoms with Gasteiger partial charge in [0.1, 0.15) is 5.82 Å². The van der Waals surface area contributed by atoms with E-state index in [2.05, 4.69) is 21.9 Å². The third-order valence-electron chi connectivity index (χ3n) is 5.61. The summed E-state index contributed by atoms with van der Waals surface area (Å²) in [6, 6.07) is 0. The highest BCUT2D eigenvalue weighted by Crippen LogP contribution is 2.27. The molecule has 1 fully saturated rings. The van der Waals surface area contributed by atoms with Gasteiger partial charge in [0.15, 0.2) is 0 Å². The molecule has 0 atom stereocenters. The number of ether oxygens (including phenoxy) is 1. The standard InChI is InChI=1S/C20H25N7O2/c1-2-4-27-19(28)16-12-17(23-18(16)26-5-3-21-20(26)27)15-13-22-25(14-15)7-6-24-8-10-29-11-9-24/h3,5,13-14H,2,4,6-12H2,1H3. The molecular formula is C20H25N7O2. The van der Waals surface area contributed by atoms with Crippen LogP contribution in [0.3, 0.4) is 0 Å². The Hall–Kier alpha value is -2.78. The summed E-state index contributed by atoms with van der Waals surface area (Å²) in [6.45, 7) is 8.05. The van der Waals surface area contributed by atoms with Gasteiger partial charge in [0.25, 0.3) is 5.56 Å². The van der Waals surface area contributed by atoms with Crippen LogP contribution in [0.1, 0.15) is 24.5 Å². The van der Waals surface area contributed by atoms with Gasteiger partial charge < -0.3 is 4.74 Å². The lowest BCUT2D eigenvalue weighted by Gasteiger charge is -2.26. The van der Waals surface area contributed by atoms with Crippen molar-refractivity contribution in [1.29, 1.82) is 0 Å². The first-order valence-corrected chi connectivity index (χ1v) is 10.2. The zero-order valence-electron chi connectivity index (χ0n) is 16.6. The van der Waals surface area contributed by atoms with E-state index in [-0.39, 0.29) is 5.56 Å². The molecule has 0 spiro atoms. The van der Waals surface area contributed by atoms with Crippen LogP contribution in [0.15, 0.2) is 34.6 Å². The molecular weight excluding hydrogens is 370 g/mol. The molecule has 29 heavy (non-hydrogen) atoms. The summed E-state index contributed by atoms with van der Waals surface area (Å²) in [5.74, 6) is 1.35. The van der Waals surface area contributed by atoms with E-state index < -0.39 is 0 Å². The number of aryl methyl sites for hydroxylation is 1. The average Bonchev–Trinajstić information content (AvgIpc) is 3.49. The lowest BCUT2D eigenvalue weighted by molar-refractivity contribution is 0.0360. The van der Waals surface area contributed by atoms with E-state index in [1.54, 1.807) is 10.8 Å². The third-order valence-corrected chi connectivity index (χ3v) is 5.61. The molecule has 0 N–H and O–H groups in total. The van der Waals surface area contributed by atoms with Crippen LogP contribution in [0.4, 0.5) is 5.82 Å². The molecule has 9 nitrogen and oxygen atoms in total. The fourth-order valence-electron chi connectivity index (χ4n) is 4.06. The van der Waals surface area contributed by atoms with Crippen LogP contribution in [0.2, 0.25) is 0 Å². The number of hydrogen-bond donors (Lipinski definition) is 0.